The van der Waals surface area contributed by atoms with Gasteiger partial charge in [0.05, 0.1) is 5.69 Å². The van der Waals surface area contributed by atoms with Crippen molar-refractivity contribution in [3.63, 3.8) is 0 Å². The number of rotatable bonds is 6. The second-order valence-corrected chi connectivity index (χ2v) is 3.62. The van der Waals surface area contributed by atoms with Crippen molar-refractivity contribution in [1.82, 2.24) is 9.55 Å². The molecule has 0 saturated carbocycles. The molecule has 100 valence electrons. The second-order valence-electron chi connectivity index (χ2n) is 3.62. The summed E-state index contributed by atoms with van der Waals surface area (Å²) in [4.78, 5) is 28.0. The van der Waals surface area contributed by atoms with Crippen LogP contribution in [0.5, 0.6) is 5.88 Å². The van der Waals surface area contributed by atoms with Crippen LogP contribution < -0.4 is 17.2 Å². The maximum atomic E-state index is 11.4. The average molecular weight is 257 g/mol. The number of aromatic nitrogens is 2. The van der Waals surface area contributed by atoms with Gasteiger partial charge in [0, 0.05) is 6.54 Å². The maximum Gasteiger partial charge on any atom is 0.329 e. The van der Waals surface area contributed by atoms with E-state index in [1.807, 2.05) is 0 Å². The minimum Gasteiger partial charge on any atom is -0.493 e. The van der Waals surface area contributed by atoms with Crippen LogP contribution >= 0.6 is 0 Å². The quantitative estimate of drug-likeness (QED) is 0.229. The Hall–Kier alpha value is -2.45. The number of aromatic amines is 1. The van der Waals surface area contributed by atoms with E-state index in [4.69, 9.17) is 16.6 Å². The predicted octanol–water partition coefficient (Wildman–Crippen LogP) is -1.83. The molecular formula is C9H15N5O4. The van der Waals surface area contributed by atoms with Gasteiger partial charge in [0.2, 0.25) is 5.88 Å². The molecule has 9 heteroatoms. The van der Waals surface area contributed by atoms with E-state index in [0.717, 1.165) is 4.57 Å². The molecule has 1 heterocycles. The molecule has 0 spiro atoms. The second kappa shape index (κ2) is 5.75. The lowest BCUT2D eigenvalue weighted by molar-refractivity contribution is -0.137. The number of nitrogens with one attached hydrogen (secondary N) is 1. The molecule has 0 unspecified atom stereocenters. The summed E-state index contributed by atoms with van der Waals surface area (Å²) >= 11 is 0. The summed E-state index contributed by atoms with van der Waals surface area (Å²) in [7, 11) is 0. The van der Waals surface area contributed by atoms with Gasteiger partial charge in [-0.15, -0.1) is 0 Å². The highest BCUT2D eigenvalue weighted by molar-refractivity contribution is 5.75. The Balaban J connectivity index is 2.70. The Kier molecular flexibility index (Phi) is 4.35. The number of aliphatic imine (C=N–C) groups is 1. The molecule has 9 nitrogen and oxygen atoms in total. The first-order chi connectivity index (χ1) is 8.41. The number of aliphatic carboxylic acids is 1. The molecule has 0 radical (unpaired) electrons. The molecule has 1 rings (SSSR count). The molecule has 1 aromatic rings. The van der Waals surface area contributed by atoms with Gasteiger partial charge in [-0.3, -0.25) is 14.4 Å². The summed E-state index contributed by atoms with van der Waals surface area (Å²) in [6, 6.07) is 0. The number of nitrogens with two attached hydrogens (primary N) is 2. The minimum atomic E-state index is -1.21. The van der Waals surface area contributed by atoms with Crippen molar-refractivity contribution in [2.45, 2.75) is 19.4 Å². The number of imidazole rings is 1. The highest BCUT2D eigenvalue weighted by atomic mass is 16.4. The van der Waals surface area contributed by atoms with Crippen molar-refractivity contribution >= 4 is 11.9 Å². The normalized spacial score (nSPS) is 10.2. The number of carboxylic acid groups (broad SMARTS) is 1. The minimum absolute atomic E-state index is 0.0313. The van der Waals surface area contributed by atoms with Crippen molar-refractivity contribution < 1.29 is 15.0 Å². The Morgan fingerprint density at radius 3 is 2.67 bits per heavy atom. The molecule has 0 aromatic carbocycles. The number of aromatic hydroxyl groups is 1. The molecule has 0 bridgehead atoms. The van der Waals surface area contributed by atoms with Gasteiger partial charge < -0.3 is 26.7 Å². The Labute approximate surface area is 102 Å². The van der Waals surface area contributed by atoms with E-state index in [1.54, 1.807) is 0 Å². The van der Waals surface area contributed by atoms with E-state index in [9.17, 15) is 14.7 Å². The first kappa shape index (κ1) is 13.6. The summed E-state index contributed by atoms with van der Waals surface area (Å²) in [5, 5.41) is 18.2. The van der Waals surface area contributed by atoms with Crippen LogP contribution in [0, 0.1) is 0 Å². The summed E-state index contributed by atoms with van der Waals surface area (Å²) in [6.45, 7) is -0.233. The Morgan fingerprint density at radius 1 is 1.44 bits per heavy atom. The lowest BCUT2D eigenvalue weighted by atomic mass is 10.2. The number of hydrogen-bond donors (Lipinski definition) is 5. The Bertz CT molecular complexity index is 512. The van der Waals surface area contributed by atoms with Crippen LogP contribution in [0.4, 0.5) is 0 Å². The van der Waals surface area contributed by atoms with E-state index in [1.165, 1.54) is 0 Å². The summed E-state index contributed by atoms with van der Waals surface area (Å²) in [5.41, 5.74) is 9.88. The number of guanidine groups is 1. The number of carboxylic acids is 1. The summed E-state index contributed by atoms with van der Waals surface area (Å²) < 4.78 is 0.748. The fourth-order valence-corrected chi connectivity index (χ4v) is 1.43. The van der Waals surface area contributed by atoms with Gasteiger partial charge in [-0.1, -0.05) is 0 Å². The van der Waals surface area contributed by atoms with Gasteiger partial charge >= 0.3 is 11.7 Å². The van der Waals surface area contributed by atoms with Crippen molar-refractivity contribution in [3.05, 3.63) is 16.2 Å². The van der Waals surface area contributed by atoms with E-state index in [0.29, 0.717) is 19.4 Å². The van der Waals surface area contributed by atoms with Gasteiger partial charge in [0.1, 0.15) is 6.54 Å². The lowest BCUT2D eigenvalue weighted by Gasteiger charge is -2.00. The van der Waals surface area contributed by atoms with Crippen molar-refractivity contribution in [1.29, 1.82) is 0 Å². The maximum absolute atomic E-state index is 11.4. The molecule has 0 fully saturated rings. The molecule has 0 aliphatic carbocycles. The van der Waals surface area contributed by atoms with Crippen LogP contribution in [-0.4, -0.2) is 38.2 Å². The van der Waals surface area contributed by atoms with Crippen molar-refractivity contribution in [3.8, 4) is 5.88 Å². The topological polar surface area (TPSA) is 160 Å². The van der Waals surface area contributed by atoms with Crippen molar-refractivity contribution in [2.24, 2.45) is 16.5 Å². The van der Waals surface area contributed by atoms with Crippen molar-refractivity contribution in [2.75, 3.05) is 6.54 Å². The van der Waals surface area contributed by atoms with Crippen LogP contribution in [0.1, 0.15) is 12.1 Å². The molecule has 0 atom stereocenters. The molecule has 1 aromatic heterocycles. The smallest absolute Gasteiger partial charge is 0.329 e. The van der Waals surface area contributed by atoms with Crippen LogP contribution in [0.25, 0.3) is 0 Å². The van der Waals surface area contributed by atoms with Gasteiger partial charge in [0.25, 0.3) is 0 Å². The highest BCUT2D eigenvalue weighted by Gasteiger charge is 2.14. The van der Waals surface area contributed by atoms with E-state index in [-0.39, 0.29) is 17.5 Å². The van der Waals surface area contributed by atoms with Gasteiger partial charge in [-0.25, -0.2) is 4.79 Å². The van der Waals surface area contributed by atoms with Crippen LogP contribution in [0.3, 0.4) is 0 Å². The zero-order valence-electron chi connectivity index (χ0n) is 9.59. The first-order valence-electron chi connectivity index (χ1n) is 5.19. The van der Waals surface area contributed by atoms with E-state index >= 15 is 0 Å². The molecule has 0 aliphatic rings. The molecule has 0 amide bonds. The zero-order valence-corrected chi connectivity index (χ0v) is 9.59. The SMILES string of the molecule is NC(N)=NCCCc1[nH]c(=O)n(CC(=O)O)c1O. The van der Waals surface area contributed by atoms with E-state index < -0.39 is 18.2 Å². The largest absolute Gasteiger partial charge is 0.493 e. The fraction of sp³-hybridized carbons (Fsp3) is 0.444. The zero-order chi connectivity index (χ0) is 13.7. The number of aryl methyl sites for hydroxylation is 1. The molecule has 0 saturated heterocycles. The van der Waals surface area contributed by atoms with Gasteiger partial charge in [0.15, 0.2) is 5.96 Å². The molecule has 7 N–H and O–H groups in total. The van der Waals surface area contributed by atoms with Crippen LogP contribution in [0.2, 0.25) is 0 Å². The summed E-state index contributed by atoms with van der Waals surface area (Å²) in [5.74, 6) is -1.61. The van der Waals surface area contributed by atoms with Crippen LogP contribution in [-0.2, 0) is 17.8 Å². The molecule has 18 heavy (non-hydrogen) atoms. The monoisotopic (exact) mass is 257 g/mol. The lowest BCUT2D eigenvalue weighted by Crippen LogP contribution is -2.23. The van der Waals surface area contributed by atoms with Crippen LogP contribution in [0.15, 0.2) is 9.79 Å². The third-order valence-electron chi connectivity index (χ3n) is 2.20. The van der Waals surface area contributed by atoms with Gasteiger partial charge in [-0.2, -0.15) is 0 Å². The number of nitrogens with zero attached hydrogens (tertiary/aromatic N) is 2. The average Bonchev–Trinajstić information content (AvgIpc) is 2.51. The molecule has 0 aliphatic heterocycles. The third kappa shape index (κ3) is 3.54. The highest BCUT2D eigenvalue weighted by Crippen LogP contribution is 2.14. The number of carbonyl (C=O) groups is 1. The standard InChI is InChI=1S/C9H15N5O4/c10-8(11)12-3-1-2-5-7(17)14(4-6(15)16)9(18)13-5/h17H,1-4H2,(H,13,18)(H,15,16)(H4,10,11,12). The van der Waals surface area contributed by atoms with E-state index in [2.05, 4.69) is 9.98 Å². The Morgan fingerprint density at radius 2 is 2.11 bits per heavy atom. The molecular weight excluding hydrogens is 242 g/mol. The fourth-order valence-electron chi connectivity index (χ4n) is 1.43. The van der Waals surface area contributed by atoms with Gasteiger partial charge in [-0.05, 0) is 12.8 Å². The predicted molar refractivity (Wildman–Crippen MR) is 63.4 cm³/mol. The third-order valence-corrected chi connectivity index (χ3v) is 2.20. The summed E-state index contributed by atoms with van der Waals surface area (Å²) in [6.07, 6.45) is 0.850. The number of hydrogen-bond acceptors (Lipinski definition) is 4. The first-order valence-corrected chi connectivity index (χ1v) is 5.19. The number of H-pyrrole nitrogens is 1.